The van der Waals surface area contributed by atoms with E-state index in [-0.39, 0.29) is 6.10 Å². The van der Waals surface area contributed by atoms with E-state index < -0.39 is 5.91 Å². The number of nitrogens with zero attached hydrogens (tertiary/aromatic N) is 1. The monoisotopic (exact) mass is 269 g/mol. The molecule has 0 unspecified atom stereocenters. The molecule has 0 fully saturated rings. The SMILES string of the molecule is NC[C@H]1Cc2cccc(-c3cncc(C(N)=O)c3)c2O1. The van der Waals surface area contributed by atoms with Crippen LogP contribution in [0.2, 0.25) is 0 Å². The van der Waals surface area contributed by atoms with Crippen LogP contribution in [0.1, 0.15) is 15.9 Å². The van der Waals surface area contributed by atoms with Crippen molar-refractivity contribution in [1.82, 2.24) is 4.98 Å². The van der Waals surface area contributed by atoms with Gasteiger partial charge in [0.05, 0.1) is 5.56 Å². The van der Waals surface area contributed by atoms with Gasteiger partial charge in [0, 0.05) is 36.5 Å². The Hall–Kier alpha value is -2.40. The first-order valence-electron chi connectivity index (χ1n) is 6.43. The number of hydrogen-bond acceptors (Lipinski definition) is 4. The molecule has 1 aliphatic heterocycles. The molecule has 0 radical (unpaired) electrons. The molecule has 0 aliphatic carbocycles. The van der Waals surface area contributed by atoms with Gasteiger partial charge in [0.15, 0.2) is 0 Å². The predicted octanol–water partition coefficient (Wildman–Crippen LogP) is 1.11. The molecule has 102 valence electrons. The summed E-state index contributed by atoms with van der Waals surface area (Å²) in [6.07, 6.45) is 3.97. The number of primary amides is 1. The first-order chi connectivity index (χ1) is 9.69. The molecule has 0 saturated carbocycles. The number of carbonyl (C=O) groups excluding carboxylic acids is 1. The third-order valence-electron chi connectivity index (χ3n) is 3.43. The smallest absolute Gasteiger partial charge is 0.250 e. The lowest BCUT2D eigenvalue weighted by atomic mass is 10.0. The van der Waals surface area contributed by atoms with Gasteiger partial charge in [-0.05, 0) is 11.6 Å². The van der Waals surface area contributed by atoms with Gasteiger partial charge in [0.1, 0.15) is 11.9 Å². The zero-order chi connectivity index (χ0) is 14.1. The summed E-state index contributed by atoms with van der Waals surface area (Å²) in [4.78, 5) is 15.3. The van der Waals surface area contributed by atoms with Gasteiger partial charge >= 0.3 is 0 Å². The van der Waals surface area contributed by atoms with Crippen LogP contribution in [-0.4, -0.2) is 23.5 Å². The fraction of sp³-hybridized carbons (Fsp3) is 0.200. The fourth-order valence-electron chi connectivity index (χ4n) is 2.42. The van der Waals surface area contributed by atoms with Crippen LogP contribution in [0.3, 0.4) is 0 Å². The summed E-state index contributed by atoms with van der Waals surface area (Å²) in [6, 6.07) is 7.66. The second kappa shape index (κ2) is 4.94. The number of aromatic nitrogens is 1. The largest absolute Gasteiger partial charge is 0.488 e. The summed E-state index contributed by atoms with van der Waals surface area (Å²) >= 11 is 0. The minimum Gasteiger partial charge on any atom is -0.488 e. The minimum absolute atomic E-state index is 0.0124. The van der Waals surface area contributed by atoms with E-state index in [1.54, 1.807) is 12.3 Å². The van der Waals surface area contributed by atoms with Crippen molar-refractivity contribution in [2.75, 3.05) is 6.54 Å². The summed E-state index contributed by atoms with van der Waals surface area (Å²) in [5.74, 6) is 0.332. The van der Waals surface area contributed by atoms with Gasteiger partial charge in [-0.2, -0.15) is 0 Å². The number of rotatable bonds is 3. The molecule has 3 rings (SSSR count). The number of ether oxygens (including phenoxy) is 1. The summed E-state index contributed by atoms with van der Waals surface area (Å²) < 4.78 is 5.87. The number of nitrogens with two attached hydrogens (primary N) is 2. The molecular formula is C15H15N3O2. The predicted molar refractivity (Wildman–Crippen MR) is 75.4 cm³/mol. The molecule has 4 N–H and O–H groups in total. The molecule has 1 aliphatic rings. The second-order valence-corrected chi connectivity index (χ2v) is 4.80. The Morgan fingerprint density at radius 2 is 2.25 bits per heavy atom. The van der Waals surface area contributed by atoms with Crippen molar-refractivity contribution >= 4 is 5.91 Å². The molecule has 0 bridgehead atoms. The first kappa shape index (κ1) is 12.6. The minimum atomic E-state index is -0.493. The van der Waals surface area contributed by atoms with Gasteiger partial charge in [-0.25, -0.2) is 0 Å². The number of amides is 1. The first-order valence-corrected chi connectivity index (χ1v) is 6.43. The van der Waals surface area contributed by atoms with Gasteiger partial charge < -0.3 is 16.2 Å². The van der Waals surface area contributed by atoms with Crippen molar-refractivity contribution in [2.45, 2.75) is 12.5 Å². The Morgan fingerprint density at radius 3 is 3.00 bits per heavy atom. The highest BCUT2D eigenvalue weighted by atomic mass is 16.5. The van der Waals surface area contributed by atoms with Gasteiger partial charge in [0.25, 0.3) is 0 Å². The standard InChI is InChI=1S/C15H15N3O2/c16-6-12-5-9-2-1-3-13(14(9)20-12)10-4-11(15(17)19)8-18-7-10/h1-4,7-8,12H,5-6,16H2,(H2,17,19)/t12-/m1/s1. The number of carbonyl (C=O) groups is 1. The average Bonchev–Trinajstić information content (AvgIpc) is 2.90. The van der Waals surface area contributed by atoms with E-state index in [4.69, 9.17) is 16.2 Å². The molecule has 1 amide bonds. The van der Waals surface area contributed by atoms with Crippen molar-refractivity contribution in [1.29, 1.82) is 0 Å². The maximum Gasteiger partial charge on any atom is 0.250 e. The zero-order valence-electron chi connectivity index (χ0n) is 10.9. The van der Waals surface area contributed by atoms with Crippen molar-refractivity contribution in [3.8, 4) is 16.9 Å². The highest BCUT2D eigenvalue weighted by Gasteiger charge is 2.24. The van der Waals surface area contributed by atoms with E-state index in [2.05, 4.69) is 4.98 Å². The van der Waals surface area contributed by atoms with Gasteiger partial charge in [0.2, 0.25) is 5.91 Å². The summed E-state index contributed by atoms with van der Waals surface area (Å²) in [7, 11) is 0. The molecule has 2 heterocycles. The van der Waals surface area contributed by atoms with E-state index in [1.807, 2.05) is 18.2 Å². The lowest BCUT2D eigenvalue weighted by Crippen LogP contribution is -2.24. The van der Waals surface area contributed by atoms with Crippen molar-refractivity contribution < 1.29 is 9.53 Å². The molecule has 2 aromatic rings. The Labute approximate surface area is 116 Å². The van der Waals surface area contributed by atoms with Crippen LogP contribution in [0.25, 0.3) is 11.1 Å². The highest BCUT2D eigenvalue weighted by Crippen LogP contribution is 2.38. The van der Waals surface area contributed by atoms with Crippen molar-refractivity contribution in [3.63, 3.8) is 0 Å². The van der Waals surface area contributed by atoms with Gasteiger partial charge in [-0.15, -0.1) is 0 Å². The van der Waals surface area contributed by atoms with Gasteiger partial charge in [-0.1, -0.05) is 18.2 Å². The van der Waals surface area contributed by atoms with Crippen LogP contribution < -0.4 is 16.2 Å². The van der Waals surface area contributed by atoms with E-state index in [9.17, 15) is 4.79 Å². The quantitative estimate of drug-likeness (QED) is 0.873. The van der Waals surface area contributed by atoms with E-state index in [0.29, 0.717) is 12.1 Å². The van der Waals surface area contributed by atoms with Crippen LogP contribution >= 0.6 is 0 Å². The number of benzene rings is 1. The fourth-order valence-corrected chi connectivity index (χ4v) is 2.42. The Bertz CT molecular complexity index is 670. The maximum atomic E-state index is 11.3. The number of hydrogen-bond donors (Lipinski definition) is 2. The lowest BCUT2D eigenvalue weighted by molar-refractivity contribution is 0.1000. The molecule has 1 aromatic carbocycles. The molecular weight excluding hydrogens is 254 g/mol. The van der Waals surface area contributed by atoms with E-state index in [0.717, 1.165) is 28.9 Å². The van der Waals surface area contributed by atoms with E-state index >= 15 is 0 Å². The maximum absolute atomic E-state index is 11.3. The number of para-hydroxylation sites is 1. The Kier molecular flexibility index (Phi) is 3.12. The molecule has 1 aromatic heterocycles. The Balaban J connectivity index is 2.06. The van der Waals surface area contributed by atoms with Gasteiger partial charge in [-0.3, -0.25) is 9.78 Å². The molecule has 1 atom stereocenters. The normalized spacial score (nSPS) is 16.6. The summed E-state index contributed by atoms with van der Waals surface area (Å²) in [5, 5.41) is 0. The highest BCUT2D eigenvalue weighted by molar-refractivity contribution is 5.94. The third-order valence-corrected chi connectivity index (χ3v) is 3.43. The number of pyridine rings is 1. The van der Waals surface area contributed by atoms with Crippen LogP contribution in [0.4, 0.5) is 0 Å². The molecule has 0 saturated heterocycles. The number of fused-ring (bicyclic) bond motifs is 1. The van der Waals surface area contributed by atoms with Crippen molar-refractivity contribution in [2.24, 2.45) is 11.5 Å². The molecule has 20 heavy (non-hydrogen) atoms. The van der Waals surface area contributed by atoms with Crippen molar-refractivity contribution in [3.05, 3.63) is 47.8 Å². The summed E-state index contributed by atoms with van der Waals surface area (Å²) in [6.45, 7) is 0.480. The zero-order valence-corrected chi connectivity index (χ0v) is 10.9. The van der Waals surface area contributed by atoms with Crippen LogP contribution in [0.5, 0.6) is 5.75 Å². The average molecular weight is 269 g/mol. The van der Waals surface area contributed by atoms with Crippen LogP contribution in [-0.2, 0) is 6.42 Å². The lowest BCUT2D eigenvalue weighted by Gasteiger charge is -2.11. The third kappa shape index (κ3) is 2.12. The van der Waals surface area contributed by atoms with Crippen LogP contribution in [0.15, 0.2) is 36.7 Å². The van der Waals surface area contributed by atoms with Crippen LogP contribution in [0, 0.1) is 0 Å². The molecule has 5 nitrogen and oxygen atoms in total. The second-order valence-electron chi connectivity index (χ2n) is 4.80. The molecule has 5 heteroatoms. The van der Waals surface area contributed by atoms with E-state index in [1.165, 1.54) is 6.20 Å². The Morgan fingerprint density at radius 1 is 1.40 bits per heavy atom. The topological polar surface area (TPSA) is 91.2 Å². The summed E-state index contributed by atoms with van der Waals surface area (Å²) in [5.41, 5.74) is 14.2. The molecule has 0 spiro atoms.